The summed E-state index contributed by atoms with van der Waals surface area (Å²) in [6, 6.07) is 12.2. The SMILES string of the molecule is COc1ccc(C(C)NC(=O)/C(C#N)=C\Nc2ccc3c(c2)OCO3)cc1OC. The van der Waals surface area contributed by atoms with Gasteiger partial charge in [0.1, 0.15) is 11.6 Å². The Morgan fingerprint density at radius 1 is 1.14 bits per heavy atom. The lowest BCUT2D eigenvalue weighted by atomic mass is 10.1. The van der Waals surface area contributed by atoms with Crippen LogP contribution in [-0.4, -0.2) is 26.9 Å². The first kappa shape index (κ1) is 19.9. The largest absolute Gasteiger partial charge is 0.493 e. The van der Waals surface area contributed by atoms with Crippen LogP contribution < -0.4 is 29.6 Å². The number of ether oxygens (including phenoxy) is 4. The van der Waals surface area contributed by atoms with Crippen molar-refractivity contribution in [3.63, 3.8) is 0 Å². The van der Waals surface area contributed by atoms with Crippen LogP contribution in [0.25, 0.3) is 0 Å². The Bertz CT molecular complexity index is 981. The number of nitrogens with zero attached hydrogens (tertiary/aromatic N) is 1. The van der Waals surface area contributed by atoms with Gasteiger partial charge in [0.15, 0.2) is 23.0 Å². The van der Waals surface area contributed by atoms with Gasteiger partial charge < -0.3 is 29.6 Å². The number of hydrogen-bond acceptors (Lipinski definition) is 7. The molecule has 0 fully saturated rings. The van der Waals surface area contributed by atoms with Crippen molar-refractivity contribution in [3.05, 3.63) is 53.7 Å². The summed E-state index contributed by atoms with van der Waals surface area (Å²) in [5, 5.41) is 15.1. The summed E-state index contributed by atoms with van der Waals surface area (Å²) in [7, 11) is 3.10. The molecule has 2 N–H and O–H groups in total. The van der Waals surface area contributed by atoms with Gasteiger partial charge >= 0.3 is 0 Å². The monoisotopic (exact) mass is 395 g/mol. The highest BCUT2D eigenvalue weighted by molar-refractivity contribution is 5.97. The normalized spacial score (nSPS) is 13.2. The maximum Gasteiger partial charge on any atom is 0.263 e. The van der Waals surface area contributed by atoms with Crippen LogP contribution in [0, 0.1) is 11.3 Å². The molecule has 0 aliphatic carbocycles. The van der Waals surface area contributed by atoms with Gasteiger partial charge in [0.05, 0.1) is 20.3 Å². The third-order valence-electron chi connectivity index (χ3n) is 4.38. The predicted molar refractivity (Wildman–Crippen MR) is 106 cm³/mol. The molecule has 0 aromatic heterocycles. The summed E-state index contributed by atoms with van der Waals surface area (Å²) in [4.78, 5) is 12.5. The summed E-state index contributed by atoms with van der Waals surface area (Å²) in [6.07, 6.45) is 1.36. The molecule has 8 nitrogen and oxygen atoms in total. The van der Waals surface area contributed by atoms with E-state index >= 15 is 0 Å². The first-order valence-electron chi connectivity index (χ1n) is 8.85. The number of carbonyl (C=O) groups excluding carboxylic acids is 1. The number of fused-ring (bicyclic) bond motifs is 1. The molecule has 0 bridgehead atoms. The van der Waals surface area contributed by atoms with Crippen molar-refractivity contribution in [2.45, 2.75) is 13.0 Å². The highest BCUT2D eigenvalue weighted by Gasteiger charge is 2.16. The number of nitriles is 1. The lowest BCUT2D eigenvalue weighted by Gasteiger charge is -2.16. The molecule has 1 unspecified atom stereocenters. The molecule has 1 atom stereocenters. The van der Waals surface area contributed by atoms with E-state index < -0.39 is 5.91 Å². The molecule has 150 valence electrons. The zero-order valence-electron chi connectivity index (χ0n) is 16.3. The van der Waals surface area contributed by atoms with E-state index in [-0.39, 0.29) is 18.4 Å². The molecule has 0 radical (unpaired) electrons. The maximum absolute atomic E-state index is 12.5. The van der Waals surface area contributed by atoms with Gasteiger partial charge in [-0.2, -0.15) is 5.26 Å². The zero-order chi connectivity index (χ0) is 20.8. The Morgan fingerprint density at radius 3 is 2.62 bits per heavy atom. The van der Waals surface area contributed by atoms with Gasteiger partial charge in [-0.25, -0.2) is 0 Å². The predicted octanol–water partition coefficient (Wildman–Crippen LogP) is 3.13. The Kier molecular flexibility index (Phi) is 6.09. The molecule has 1 amide bonds. The van der Waals surface area contributed by atoms with Crippen molar-refractivity contribution in [2.75, 3.05) is 26.3 Å². The fraction of sp³-hybridized carbons (Fsp3) is 0.238. The number of benzene rings is 2. The van der Waals surface area contributed by atoms with Crippen LogP contribution in [0.5, 0.6) is 23.0 Å². The molecule has 1 heterocycles. The van der Waals surface area contributed by atoms with Crippen LogP contribution in [0.3, 0.4) is 0 Å². The quantitative estimate of drug-likeness (QED) is 0.548. The fourth-order valence-corrected chi connectivity index (χ4v) is 2.77. The number of methoxy groups -OCH3 is 2. The molecule has 1 aliphatic heterocycles. The van der Waals surface area contributed by atoms with Crippen molar-refractivity contribution in [2.24, 2.45) is 0 Å². The van der Waals surface area contributed by atoms with Crippen LogP contribution in [0.2, 0.25) is 0 Å². The molecule has 8 heteroatoms. The maximum atomic E-state index is 12.5. The van der Waals surface area contributed by atoms with Gasteiger partial charge in [-0.15, -0.1) is 0 Å². The Hall–Kier alpha value is -3.86. The van der Waals surface area contributed by atoms with Gasteiger partial charge in [-0.05, 0) is 36.8 Å². The summed E-state index contributed by atoms with van der Waals surface area (Å²) in [6.45, 7) is 1.99. The summed E-state index contributed by atoms with van der Waals surface area (Å²) >= 11 is 0. The molecule has 0 saturated carbocycles. The van der Waals surface area contributed by atoms with Gasteiger partial charge in [0.2, 0.25) is 6.79 Å². The lowest BCUT2D eigenvalue weighted by molar-refractivity contribution is -0.117. The standard InChI is InChI=1S/C21H21N3O5/c1-13(14-4-6-17(26-2)19(8-14)27-3)24-21(25)15(10-22)11-23-16-5-7-18-20(9-16)29-12-28-18/h4-9,11,13,23H,12H2,1-3H3,(H,24,25)/b15-11-. The van der Waals surface area contributed by atoms with Crippen LogP contribution in [0.15, 0.2) is 48.2 Å². The van der Waals surface area contributed by atoms with Crippen molar-refractivity contribution in [3.8, 4) is 29.1 Å². The second-order valence-corrected chi connectivity index (χ2v) is 6.19. The summed E-state index contributed by atoms with van der Waals surface area (Å²) in [5.41, 5.74) is 1.43. The molecule has 0 saturated heterocycles. The van der Waals surface area contributed by atoms with E-state index in [1.165, 1.54) is 6.20 Å². The van der Waals surface area contributed by atoms with Crippen molar-refractivity contribution >= 4 is 11.6 Å². The molecule has 2 aromatic rings. The Labute approximate surface area is 168 Å². The second kappa shape index (κ2) is 8.89. The Morgan fingerprint density at radius 2 is 1.90 bits per heavy atom. The molecular formula is C21H21N3O5. The lowest BCUT2D eigenvalue weighted by Crippen LogP contribution is -2.28. The van der Waals surface area contributed by atoms with Crippen LogP contribution in [0.4, 0.5) is 5.69 Å². The van der Waals surface area contributed by atoms with Gasteiger partial charge in [0.25, 0.3) is 5.91 Å². The average molecular weight is 395 g/mol. The molecule has 29 heavy (non-hydrogen) atoms. The first-order chi connectivity index (χ1) is 14.0. The second-order valence-electron chi connectivity index (χ2n) is 6.19. The van der Waals surface area contributed by atoms with Crippen molar-refractivity contribution < 1.29 is 23.7 Å². The third kappa shape index (κ3) is 4.52. The Balaban J connectivity index is 1.67. The first-order valence-corrected chi connectivity index (χ1v) is 8.85. The highest BCUT2D eigenvalue weighted by Crippen LogP contribution is 2.34. The molecule has 1 aliphatic rings. The molecule has 0 spiro atoms. The zero-order valence-corrected chi connectivity index (χ0v) is 16.3. The van der Waals surface area contributed by atoms with E-state index in [4.69, 9.17) is 18.9 Å². The third-order valence-corrected chi connectivity index (χ3v) is 4.38. The van der Waals surface area contributed by atoms with E-state index in [9.17, 15) is 10.1 Å². The topological polar surface area (TPSA) is 102 Å². The number of hydrogen-bond donors (Lipinski definition) is 2. The number of anilines is 1. The fourth-order valence-electron chi connectivity index (χ4n) is 2.77. The molecule has 2 aromatic carbocycles. The number of amides is 1. The number of carbonyl (C=O) groups is 1. The van der Waals surface area contributed by atoms with Gasteiger partial charge in [0, 0.05) is 18.0 Å². The van der Waals surface area contributed by atoms with Crippen LogP contribution >= 0.6 is 0 Å². The van der Waals surface area contributed by atoms with Crippen molar-refractivity contribution in [1.29, 1.82) is 5.26 Å². The molecular weight excluding hydrogens is 374 g/mol. The number of rotatable bonds is 7. The summed E-state index contributed by atoms with van der Waals surface area (Å²) < 4.78 is 21.1. The van der Waals surface area contributed by atoms with E-state index in [1.54, 1.807) is 44.6 Å². The minimum Gasteiger partial charge on any atom is -0.493 e. The smallest absolute Gasteiger partial charge is 0.263 e. The molecule has 3 rings (SSSR count). The summed E-state index contributed by atoms with van der Waals surface area (Å²) in [5.74, 6) is 1.92. The van der Waals surface area contributed by atoms with E-state index in [1.807, 2.05) is 19.1 Å². The van der Waals surface area contributed by atoms with Crippen LogP contribution in [-0.2, 0) is 4.79 Å². The minimum atomic E-state index is -0.497. The highest BCUT2D eigenvalue weighted by atomic mass is 16.7. The minimum absolute atomic E-state index is 0.0602. The van der Waals surface area contributed by atoms with Gasteiger partial charge in [-0.3, -0.25) is 4.79 Å². The number of nitrogens with one attached hydrogen (secondary N) is 2. The van der Waals surface area contributed by atoms with E-state index in [0.717, 1.165) is 5.56 Å². The van der Waals surface area contributed by atoms with E-state index in [0.29, 0.717) is 28.7 Å². The van der Waals surface area contributed by atoms with E-state index in [2.05, 4.69) is 10.6 Å². The van der Waals surface area contributed by atoms with Crippen LogP contribution in [0.1, 0.15) is 18.5 Å². The average Bonchev–Trinajstić information content (AvgIpc) is 3.21. The van der Waals surface area contributed by atoms with Crippen molar-refractivity contribution in [1.82, 2.24) is 5.32 Å². The van der Waals surface area contributed by atoms with Gasteiger partial charge in [-0.1, -0.05) is 6.07 Å².